The van der Waals surface area contributed by atoms with E-state index in [0.717, 1.165) is 0 Å². The first-order valence-electron chi connectivity index (χ1n) is 3.96. The van der Waals surface area contributed by atoms with Crippen LogP contribution in [-0.2, 0) is 15.6 Å². The van der Waals surface area contributed by atoms with E-state index in [9.17, 15) is 13.2 Å². The molecule has 0 atom stereocenters. The van der Waals surface area contributed by atoms with Crippen molar-refractivity contribution >= 4 is 15.8 Å². The van der Waals surface area contributed by atoms with E-state index < -0.39 is 15.8 Å². The van der Waals surface area contributed by atoms with Crippen LogP contribution in [0.1, 0.15) is 23.0 Å². The summed E-state index contributed by atoms with van der Waals surface area (Å²) in [5, 5.41) is 8.64. The number of hydrogen-bond acceptors (Lipinski definition) is 4. The molecule has 1 N–H and O–H groups in total. The van der Waals surface area contributed by atoms with Gasteiger partial charge >= 0.3 is 5.97 Å². The van der Waals surface area contributed by atoms with Gasteiger partial charge in [0.15, 0.2) is 9.84 Å². The SMILES string of the molecule is CCS(=O)(=O)Cc1ccoc1C(=O)O. The molecule has 0 fully saturated rings. The van der Waals surface area contributed by atoms with Crippen molar-refractivity contribution in [2.24, 2.45) is 0 Å². The predicted molar refractivity (Wildman–Crippen MR) is 48.8 cm³/mol. The van der Waals surface area contributed by atoms with Crippen LogP contribution in [0.5, 0.6) is 0 Å². The molecule has 1 rings (SSSR count). The summed E-state index contributed by atoms with van der Waals surface area (Å²) >= 11 is 0. The maximum atomic E-state index is 11.2. The fourth-order valence-electron chi connectivity index (χ4n) is 0.976. The highest BCUT2D eigenvalue weighted by Crippen LogP contribution is 2.14. The summed E-state index contributed by atoms with van der Waals surface area (Å²) in [7, 11) is -3.22. The lowest BCUT2D eigenvalue weighted by Gasteiger charge is -1.98. The van der Waals surface area contributed by atoms with Crippen molar-refractivity contribution in [2.75, 3.05) is 5.75 Å². The van der Waals surface area contributed by atoms with Gasteiger partial charge in [0.05, 0.1) is 12.0 Å². The second-order valence-corrected chi connectivity index (χ2v) is 5.11. The number of aromatic carboxylic acids is 1. The minimum atomic E-state index is -3.22. The molecule has 0 radical (unpaired) electrons. The van der Waals surface area contributed by atoms with E-state index in [2.05, 4.69) is 4.42 Å². The number of furan rings is 1. The number of carbonyl (C=O) groups is 1. The summed E-state index contributed by atoms with van der Waals surface area (Å²) in [5.74, 6) is -1.86. The minimum absolute atomic E-state index is 0.0166. The normalized spacial score (nSPS) is 11.5. The zero-order valence-corrected chi connectivity index (χ0v) is 8.37. The van der Waals surface area contributed by atoms with Crippen molar-refractivity contribution in [2.45, 2.75) is 12.7 Å². The van der Waals surface area contributed by atoms with E-state index in [0.29, 0.717) is 0 Å². The molecule has 5 nitrogen and oxygen atoms in total. The molecule has 0 aliphatic rings. The van der Waals surface area contributed by atoms with Crippen LogP contribution >= 0.6 is 0 Å². The summed E-state index contributed by atoms with van der Waals surface area (Å²) in [6.07, 6.45) is 1.17. The molecule has 0 unspecified atom stereocenters. The van der Waals surface area contributed by atoms with Crippen LogP contribution in [0.2, 0.25) is 0 Å². The smallest absolute Gasteiger partial charge is 0.372 e. The highest BCUT2D eigenvalue weighted by Gasteiger charge is 2.18. The molecular weight excluding hydrogens is 208 g/mol. The summed E-state index contributed by atoms with van der Waals surface area (Å²) in [4.78, 5) is 10.6. The molecule has 14 heavy (non-hydrogen) atoms. The van der Waals surface area contributed by atoms with Gasteiger partial charge in [-0.1, -0.05) is 6.92 Å². The lowest BCUT2D eigenvalue weighted by molar-refractivity contribution is 0.0661. The Morgan fingerprint density at radius 3 is 2.71 bits per heavy atom. The van der Waals surface area contributed by atoms with Gasteiger partial charge in [-0.25, -0.2) is 13.2 Å². The van der Waals surface area contributed by atoms with Gasteiger partial charge in [0, 0.05) is 11.3 Å². The van der Waals surface area contributed by atoms with E-state index in [1.807, 2.05) is 0 Å². The van der Waals surface area contributed by atoms with E-state index >= 15 is 0 Å². The van der Waals surface area contributed by atoms with Crippen molar-refractivity contribution in [1.29, 1.82) is 0 Å². The van der Waals surface area contributed by atoms with Crippen molar-refractivity contribution in [1.82, 2.24) is 0 Å². The number of carboxylic acids is 1. The van der Waals surface area contributed by atoms with Crippen LogP contribution in [-0.4, -0.2) is 25.2 Å². The third-order valence-electron chi connectivity index (χ3n) is 1.76. The quantitative estimate of drug-likeness (QED) is 0.812. The summed E-state index contributed by atoms with van der Waals surface area (Å²) in [6, 6.07) is 1.36. The van der Waals surface area contributed by atoms with E-state index in [1.54, 1.807) is 0 Å². The number of carboxylic acid groups (broad SMARTS) is 1. The van der Waals surface area contributed by atoms with E-state index in [-0.39, 0.29) is 22.8 Å². The lowest BCUT2D eigenvalue weighted by Crippen LogP contribution is -2.09. The Hall–Kier alpha value is -1.30. The molecule has 0 aliphatic heterocycles. The van der Waals surface area contributed by atoms with Gasteiger partial charge in [-0.2, -0.15) is 0 Å². The first-order chi connectivity index (χ1) is 6.46. The molecule has 78 valence electrons. The highest BCUT2D eigenvalue weighted by molar-refractivity contribution is 7.90. The van der Waals surface area contributed by atoms with Crippen molar-refractivity contribution < 1.29 is 22.7 Å². The summed E-state index contributed by atoms with van der Waals surface area (Å²) in [5.41, 5.74) is 0.194. The van der Waals surface area contributed by atoms with Gasteiger partial charge in [0.2, 0.25) is 5.76 Å². The Balaban J connectivity index is 2.98. The summed E-state index contributed by atoms with van der Waals surface area (Å²) < 4.78 is 27.1. The van der Waals surface area contributed by atoms with Crippen LogP contribution in [0, 0.1) is 0 Å². The Kier molecular flexibility index (Phi) is 2.95. The maximum Gasteiger partial charge on any atom is 0.372 e. The number of hydrogen-bond donors (Lipinski definition) is 1. The van der Waals surface area contributed by atoms with Crippen LogP contribution in [0.25, 0.3) is 0 Å². The van der Waals surface area contributed by atoms with Crippen LogP contribution in [0.15, 0.2) is 16.7 Å². The topological polar surface area (TPSA) is 84.6 Å². The highest BCUT2D eigenvalue weighted by atomic mass is 32.2. The molecule has 0 saturated heterocycles. The second-order valence-electron chi connectivity index (χ2n) is 2.76. The Morgan fingerprint density at radius 1 is 1.57 bits per heavy atom. The molecule has 6 heteroatoms. The number of sulfone groups is 1. The van der Waals surface area contributed by atoms with E-state index in [1.165, 1.54) is 19.3 Å². The Morgan fingerprint density at radius 2 is 2.21 bits per heavy atom. The summed E-state index contributed by atoms with van der Waals surface area (Å²) in [6.45, 7) is 1.51. The molecule has 0 spiro atoms. The van der Waals surface area contributed by atoms with Crippen LogP contribution < -0.4 is 0 Å². The van der Waals surface area contributed by atoms with Crippen molar-refractivity contribution in [3.8, 4) is 0 Å². The first-order valence-corrected chi connectivity index (χ1v) is 5.78. The number of rotatable bonds is 4. The van der Waals surface area contributed by atoms with Gasteiger partial charge in [0.1, 0.15) is 0 Å². The predicted octanol–water partition coefficient (Wildman–Crippen LogP) is 0.913. The molecule has 0 aliphatic carbocycles. The van der Waals surface area contributed by atoms with Gasteiger partial charge in [0.25, 0.3) is 0 Å². The third-order valence-corrected chi connectivity index (χ3v) is 3.39. The maximum absolute atomic E-state index is 11.2. The molecule has 1 heterocycles. The molecule has 1 aromatic rings. The Bertz CT molecular complexity index is 428. The minimum Gasteiger partial charge on any atom is -0.475 e. The van der Waals surface area contributed by atoms with E-state index in [4.69, 9.17) is 5.11 Å². The monoisotopic (exact) mass is 218 g/mol. The average Bonchev–Trinajstić information content (AvgIpc) is 2.51. The van der Waals surface area contributed by atoms with Crippen LogP contribution in [0.4, 0.5) is 0 Å². The van der Waals surface area contributed by atoms with Crippen molar-refractivity contribution in [3.63, 3.8) is 0 Å². The second kappa shape index (κ2) is 3.83. The zero-order valence-electron chi connectivity index (χ0n) is 7.56. The van der Waals surface area contributed by atoms with Gasteiger partial charge in [-0.3, -0.25) is 0 Å². The molecule has 0 saturated carbocycles. The third kappa shape index (κ3) is 2.35. The standard InChI is InChI=1S/C8H10O5S/c1-2-14(11,12)5-6-3-4-13-7(6)8(9)10/h3-4H,2,5H2,1H3,(H,9,10). The lowest BCUT2D eigenvalue weighted by atomic mass is 10.3. The Labute approximate surface area is 81.3 Å². The molecular formula is C8H10O5S. The zero-order chi connectivity index (χ0) is 10.8. The molecule has 0 amide bonds. The van der Waals surface area contributed by atoms with Gasteiger partial charge < -0.3 is 9.52 Å². The van der Waals surface area contributed by atoms with Crippen molar-refractivity contribution in [3.05, 3.63) is 23.7 Å². The molecule has 0 aromatic carbocycles. The fraction of sp³-hybridized carbons (Fsp3) is 0.375. The largest absolute Gasteiger partial charge is 0.475 e. The van der Waals surface area contributed by atoms with Crippen LogP contribution in [0.3, 0.4) is 0 Å². The molecule has 0 bridgehead atoms. The average molecular weight is 218 g/mol. The van der Waals surface area contributed by atoms with Gasteiger partial charge in [-0.05, 0) is 6.07 Å². The first kappa shape index (κ1) is 10.8. The fourth-order valence-corrected chi connectivity index (χ4v) is 1.88. The molecule has 1 aromatic heterocycles. The van der Waals surface area contributed by atoms with Gasteiger partial charge in [-0.15, -0.1) is 0 Å².